The summed E-state index contributed by atoms with van der Waals surface area (Å²) in [4.78, 5) is 0. The molecule has 0 aliphatic heterocycles. The Balaban J connectivity index is 2.73. The minimum Gasteiger partial charge on any atom is -0.0677 e. The van der Waals surface area contributed by atoms with E-state index in [1.165, 1.54) is 44.2 Å². The van der Waals surface area contributed by atoms with Crippen molar-refractivity contribution in [2.45, 2.75) is 77.4 Å². The molecule has 0 bridgehead atoms. The molecule has 1 aliphatic rings. The minimum atomic E-state index is -1.00. The first-order chi connectivity index (χ1) is 6.67. The Morgan fingerprint density at radius 2 is 1.50 bits per heavy atom. The van der Waals surface area contributed by atoms with Crippen LogP contribution in [0.2, 0.25) is 17.6 Å². The van der Waals surface area contributed by atoms with Crippen LogP contribution in [0.4, 0.5) is 0 Å². The second-order valence-electron chi connectivity index (χ2n) is 5.18. The van der Waals surface area contributed by atoms with E-state index in [9.17, 15) is 0 Å². The third-order valence-electron chi connectivity index (χ3n) is 4.53. The lowest BCUT2D eigenvalue weighted by Gasteiger charge is -2.43. The van der Waals surface area contributed by atoms with E-state index >= 15 is 0 Å². The molecule has 1 rings (SSSR count). The number of hydrogen-bond acceptors (Lipinski definition) is 0. The van der Waals surface area contributed by atoms with Gasteiger partial charge in [0.2, 0.25) is 0 Å². The molecule has 0 amide bonds. The van der Waals surface area contributed by atoms with Gasteiger partial charge in [0, 0.05) is 0 Å². The van der Waals surface area contributed by atoms with Crippen LogP contribution in [0.1, 0.15) is 59.8 Å². The van der Waals surface area contributed by atoms with Gasteiger partial charge in [0.1, 0.15) is 0 Å². The molecule has 1 aliphatic carbocycles. The van der Waals surface area contributed by atoms with Gasteiger partial charge in [-0.1, -0.05) is 64.6 Å². The highest BCUT2D eigenvalue weighted by Gasteiger charge is 2.40. The fourth-order valence-electron chi connectivity index (χ4n) is 3.45. The van der Waals surface area contributed by atoms with Crippen LogP contribution in [-0.2, 0) is 0 Å². The van der Waals surface area contributed by atoms with Gasteiger partial charge in [0.25, 0.3) is 0 Å². The molecule has 0 nitrogen and oxygen atoms in total. The van der Waals surface area contributed by atoms with Crippen LogP contribution >= 0.6 is 0 Å². The van der Waals surface area contributed by atoms with E-state index in [2.05, 4.69) is 27.7 Å². The molecule has 0 atom stereocenters. The van der Waals surface area contributed by atoms with Gasteiger partial charge in [0.05, 0.1) is 8.07 Å². The highest BCUT2D eigenvalue weighted by molar-refractivity contribution is 6.86. The molecular weight excluding hydrogens is 184 g/mol. The van der Waals surface area contributed by atoms with Crippen LogP contribution in [0.25, 0.3) is 0 Å². The molecule has 0 aromatic carbocycles. The molecule has 0 N–H and O–H groups in total. The molecule has 0 unspecified atom stereocenters. The van der Waals surface area contributed by atoms with Crippen LogP contribution in [0, 0.1) is 5.54 Å². The average molecular weight is 211 g/mol. The van der Waals surface area contributed by atoms with Gasteiger partial charge in [-0.3, -0.25) is 0 Å². The lowest BCUT2D eigenvalue weighted by molar-refractivity contribution is 0.561. The van der Waals surface area contributed by atoms with E-state index in [4.69, 9.17) is 0 Å². The molecule has 1 saturated carbocycles. The maximum absolute atomic E-state index is 2.47. The van der Waals surface area contributed by atoms with Crippen molar-refractivity contribution in [2.75, 3.05) is 0 Å². The van der Waals surface area contributed by atoms with Crippen molar-refractivity contribution in [3.05, 3.63) is 5.54 Å². The minimum absolute atomic E-state index is 0.964. The fraction of sp³-hybridized carbons (Fsp3) is 0.923. The molecule has 1 fully saturated rings. The molecule has 0 aromatic rings. The lowest BCUT2D eigenvalue weighted by atomic mass is 10.0. The molecule has 0 heterocycles. The summed E-state index contributed by atoms with van der Waals surface area (Å²) in [5, 5.41) is 0. The van der Waals surface area contributed by atoms with Crippen molar-refractivity contribution in [1.29, 1.82) is 0 Å². The molecule has 0 saturated heterocycles. The van der Waals surface area contributed by atoms with Gasteiger partial charge in [-0.2, -0.15) is 0 Å². The Hall–Kier alpha value is 0.217. The van der Waals surface area contributed by atoms with Crippen molar-refractivity contribution >= 4 is 8.07 Å². The average Bonchev–Trinajstić information content (AvgIpc) is 2.22. The van der Waals surface area contributed by atoms with Gasteiger partial charge in [-0.05, 0) is 18.4 Å². The van der Waals surface area contributed by atoms with Crippen LogP contribution in [0.15, 0.2) is 0 Å². The first kappa shape index (κ1) is 12.3. The van der Waals surface area contributed by atoms with Gasteiger partial charge >= 0.3 is 0 Å². The molecule has 0 spiro atoms. The summed E-state index contributed by atoms with van der Waals surface area (Å²) in [5.41, 5.74) is 2.99. The summed E-state index contributed by atoms with van der Waals surface area (Å²) in [6.07, 6.45) is 7.41. The van der Waals surface area contributed by atoms with Crippen molar-refractivity contribution in [2.24, 2.45) is 0 Å². The Morgan fingerprint density at radius 1 is 1.00 bits per heavy atom. The molecule has 0 aromatic heterocycles. The Bertz CT molecular complexity index is 153. The maximum atomic E-state index is 2.47. The largest absolute Gasteiger partial charge is 0.0677 e. The van der Waals surface area contributed by atoms with E-state index in [-0.39, 0.29) is 0 Å². The van der Waals surface area contributed by atoms with Crippen LogP contribution in [0.5, 0.6) is 0 Å². The van der Waals surface area contributed by atoms with Crippen molar-refractivity contribution in [3.8, 4) is 0 Å². The van der Waals surface area contributed by atoms with Crippen molar-refractivity contribution in [3.63, 3.8) is 0 Å². The summed E-state index contributed by atoms with van der Waals surface area (Å²) in [6.45, 7) is 9.83. The van der Waals surface area contributed by atoms with Crippen molar-refractivity contribution < 1.29 is 0 Å². The Labute approximate surface area is 91.5 Å². The van der Waals surface area contributed by atoms with E-state index in [0.29, 0.717) is 0 Å². The van der Waals surface area contributed by atoms with E-state index in [0.717, 1.165) is 5.54 Å². The monoisotopic (exact) mass is 211 g/mol. The summed E-state index contributed by atoms with van der Waals surface area (Å²) in [5.74, 6) is 0. The maximum Gasteiger partial charge on any atom is 0.0620 e. The van der Waals surface area contributed by atoms with Gasteiger partial charge in [-0.25, -0.2) is 0 Å². The molecular formula is C13H27Si. The van der Waals surface area contributed by atoms with Gasteiger partial charge in [0.15, 0.2) is 0 Å². The number of hydrogen-bond donors (Lipinski definition) is 0. The molecule has 14 heavy (non-hydrogen) atoms. The summed E-state index contributed by atoms with van der Waals surface area (Å²) < 4.78 is 0. The first-order valence-electron chi connectivity index (χ1n) is 6.52. The number of rotatable bonds is 4. The third-order valence-corrected chi connectivity index (χ3v) is 11.2. The van der Waals surface area contributed by atoms with E-state index < -0.39 is 8.07 Å². The smallest absolute Gasteiger partial charge is 0.0620 e. The normalized spacial score (nSPS) is 20.4. The summed E-state index contributed by atoms with van der Waals surface area (Å²) >= 11 is 0. The predicted molar refractivity (Wildman–Crippen MR) is 68.1 cm³/mol. The summed E-state index contributed by atoms with van der Waals surface area (Å²) in [7, 11) is -1.00. The van der Waals surface area contributed by atoms with Gasteiger partial charge in [-0.15, -0.1) is 0 Å². The Kier molecular flexibility index (Phi) is 4.69. The van der Waals surface area contributed by atoms with E-state index in [1.54, 1.807) is 0 Å². The highest BCUT2D eigenvalue weighted by atomic mass is 28.3. The summed E-state index contributed by atoms with van der Waals surface area (Å²) in [6, 6.07) is 2.97. The van der Waals surface area contributed by atoms with Crippen LogP contribution < -0.4 is 0 Å². The second-order valence-corrected chi connectivity index (χ2v) is 10.8. The zero-order valence-corrected chi connectivity index (χ0v) is 11.5. The zero-order valence-electron chi connectivity index (χ0n) is 10.5. The Morgan fingerprint density at radius 3 is 1.86 bits per heavy atom. The molecule has 1 radical (unpaired) electrons. The lowest BCUT2D eigenvalue weighted by Crippen LogP contribution is -2.44. The molecule has 83 valence electrons. The fourth-order valence-corrected chi connectivity index (χ4v) is 8.75. The topological polar surface area (TPSA) is 0 Å². The predicted octanol–water partition coefficient (Wildman–Crippen LogP) is 4.96. The van der Waals surface area contributed by atoms with Crippen LogP contribution in [0.3, 0.4) is 0 Å². The van der Waals surface area contributed by atoms with Crippen LogP contribution in [-0.4, -0.2) is 8.07 Å². The van der Waals surface area contributed by atoms with Crippen molar-refractivity contribution in [1.82, 2.24) is 0 Å². The second kappa shape index (κ2) is 5.34. The quantitative estimate of drug-likeness (QED) is 0.576. The third kappa shape index (κ3) is 2.24. The zero-order chi connectivity index (χ0) is 10.6. The van der Waals surface area contributed by atoms with Gasteiger partial charge < -0.3 is 0 Å². The molecule has 1 heteroatoms. The van der Waals surface area contributed by atoms with E-state index in [1.807, 2.05) is 5.54 Å². The highest BCUT2D eigenvalue weighted by Crippen LogP contribution is 2.44. The first-order valence-corrected chi connectivity index (χ1v) is 9.01. The SMILES string of the molecule is CC[Si](CC)([C]1CCCCC1)C(C)C. The standard InChI is InChI=1S/C13H27Si/c1-5-14(6-2,12(3)4)13-10-8-7-9-11-13/h12H,5-11H2,1-4H3.